The van der Waals surface area contributed by atoms with Crippen molar-refractivity contribution < 1.29 is 24.2 Å². The Balaban J connectivity index is 2.26. The Morgan fingerprint density at radius 1 is 1.24 bits per heavy atom. The summed E-state index contributed by atoms with van der Waals surface area (Å²) >= 11 is 0. The lowest BCUT2D eigenvalue weighted by Crippen LogP contribution is -2.45. The van der Waals surface area contributed by atoms with Crippen LogP contribution in [0.5, 0.6) is 0 Å². The lowest BCUT2D eigenvalue weighted by Gasteiger charge is -2.34. The number of amides is 1. The van der Waals surface area contributed by atoms with Gasteiger partial charge in [0.15, 0.2) is 0 Å². The van der Waals surface area contributed by atoms with Gasteiger partial charge in [0.25, 0.3) is 0 Å². The van der Waals surface area contributed by atoms with Crippen LogP contribution >= 0.6 is 0 Å². The van der Waals surface area contributed by atoms with E-state index in [1.54, 1.807) is 20.8 Å². The second kappa shape index (κ2) is 7.59. The SMILES string of the molecule is COC(=O)C1=C(O)C(Cc2ccccc2)CN(C(=O)OC(C)(C)C)C1. The van der Waals surface area contributed by atoms with Crippen LogP contribution in [0.25, 0.3) is 0 Å². The van der Waals surface area contributed by atoms with Gasteiger partial charge in [-0.1, -0.05) is 30.3 Å². The van der Waals surface area contributed by atoms with Gasteiger partial charge < -0.3 is 19.5 Å². The molecule has 0 spiro atoms. The minimum Gasteiger partial charge on any atom is -0.511 e. The predicted octanol–water partition coefficient (Wildman–Crippen LogP) is 3.08. The number of hydrogen-bond acceptors (Lipinski definition) is 5. The third-order valence-corrected chi connectivity index (χ3v) is 3.89. The fourth-order valence-corrected chi connectivity index (χ4v) is 2.75. The average molecular weight is 347 g/mol. The topological polar surface area (TPSA) is 76.1 Å². The molecule has 136 valence electrons. The highest BCUT2D eigenvalue weighted by Crippen LogP contribution is 2.27. The summed E-state index contributed by atoms with van der Waals surface area (Å²) < 4.78 is 10.2. The maximum absolute atomic E-state index is 12.4. The third kappa shape index (κ3) is 4.98. The lowest BCUT2D eigenvalue weighted by molar-refractivity contribution is -0.136. The number of hydrogen-bond donors (Lipinski definition) is 1. The van der Waals surface area contributed by atoms with Crippen LogP contribution in [0, 0.1) is 5.92 Å². The number of esters is 1. The number of rotatable bonds is 3. The predicted molar refractivity (Wildman–Crippen MR) is 93.1 cm³/mol. The molecule has 1 aliphatic rings. The highest BCUT2D eigenvalue weighted by Gasteiger charge is 2.35. The summed E-state index contributed by atoms with van der Waals surface area (Å²) in [7, 11) is 1.25. The van der Waals surface area contributed by atoms with Crippen LogP contribution < -0.4 is 0 Å². The molecule has 1 aliphatic heterocycles. The molecule has 0 aliphatic carbocycles. The average Bonchev–Trinajstić information content (AvgIpc) is 2.55. The maximum Gasteiger partial charge on any atom is 0.410 e. The van der Waals surface area contributed by atoms with Crippen molar-refractivity contribution >= 4 is 12.1 Å². The van der Waals surface area contributed by atoms with Gasteiger partial charge in [-0.15, -0.1) is 0 Å². The van der Waals surface area contributed by atoms with Gasteiger partial charge in [0.05, 0.1) is 19.2 Å². The van der Waals surface area contributed by atoms with Gasteiger partial charge in [0.2, 0.25) is 0 Å². The van der Waals surface area contributed by atoms with Gasteiger partial charge in [-0.3, -0.25) is 0 Å². The molecule has 0 bridgehead atoms. The number of nitrogens with zero attached hydrogens (tertiary/aromatic N) is 1. The van der Waals surface area contributed by atoms with Gasteiger partial charge in [-0.25, -0.2) is 9.59 Å². The second-order valence-corrected chi connectivity index (χ2v) is 7.10. The molecule has 25 heavy (non-hydrogen) atoms. The molecule has 0 fully saturated rings. The van der Waals surface area contributed by atoms with Gasteiger partial charge in [-0.2, -0.15) is 0 Å². The van der Waals surface area contributed by atoms with Gasteiger partial charge in [-0.05, 0) is 32.8 Å². The van der Waals surface area contributed by atoms with Gasteiger partial charge in [0.1, 0.15) is 11.4 Å². The van der Waals surface area contributed by atoms with Crippen molar-refractivity contribution in [2.24, 2.45) is 5.92 Å². The first-order valence-corrected chi connectivity index (χ1v) is 8.23. The molecule has 6 heteroatoms. The van der Waals surface area contributed by atoms with Crippen LogP contribution in [-0.2, 0) is 20.7 Å². The van der Waals surface area contributed by atoms with Crippen LogP contribution in [0.4, 0.5) is 4.79 Å². The van der Waals surface area contributed by atoms with E-state index in [1.165, 1.54) is 12.0 Å². The van der Waals surface area contributed by atoms with Crippen molar-refractivity contribution in [3.63, 3.8) is 0 Å². The molecule has 1 aromatic rings. The zero-order chi connectivity index (χ0) is 18.6. The molecular formula is C19H25NO5. The van der Waals surface area contributed by atoms with Crippen molar-refractivity contribution in [2.75, 3.05) is 20.2 Å². The number of aliphatic hydroxyl groups is 1. The number of ether oxygens (including phenoxy) is 2. The van der Waals surface area contributed by atoms with E-state index in [4.69, 9.17) is 9.47 Å². The van der Waals surface area contributed by atoms with Crippen molar-refractivity contribution in [3.8, 4) is 0 Å². The third-order valence-electron chi connectivity index (χ3n) is 3.89. The molecule has 0 saturated carbocycles. The normalized spacial score (nSPS) is 18.1. The molecule has 1 N–H and O–H groups in total. The molecule has 0 saturated heterocycles. The fourth-order valence-electron chi connectivity index (χ4n) is 2.75. The summed E-state index contributed by atoms with van der Waals surface area (Å²) in [6.45, 7) is 5.59. The number of carbonyl (C=O) groups excluding carboxylic acids is 2. The number of aliphatic hydroxyl groups excluding tert-OH is 1. The van der Waals surface area contributed by atoms with Crippen LogP contribution in [0.3, 0.4) is 0 Å². The zero-order valence-corrected chi connectivity index (χ0v) is 15.1. The lowest BCUT2D eigenvalue weighted by atomic mass is 9.91. The van der Waals surface area contributed by atoms with E-state index in [0.717, 1.165) is 5.56 Å². The summed E-state index contributed by atoms with van der Waals surface area (Å²) in [6.07, 6.45) is -0.00797. The molecule has 1 atom stereocenters. The first kappa shape index (κ1) is 18.8. The summed E-state index contributed by atoms with van der Waals surface area (Å²) in [5.41, 5.74) is 0.468. The van der Waals surface area contributed by atoms with Gasteiger partial charge in [0, 0.05) is 12.5 Å². The van der Waals surface area contributed by atoms with E-state index >= 15 is 0 Å². The van der Waals surface area contributed by atoms with Crippen LogP contribution in [0.15, 0.2) is 41.7 Å². The molecule has 2 rings (SSSR count). The fraction of sp³-hybridized carbons (Fsp3) is 0.474. The van der Waals surface area contributed by atoms with E-state index in [2.05, 4.69) is 0 Å². The smallest absolute Gasteiger partial charge is 0.410 e. The van der Waals surface area contributed by atoms with Crippen LogP contribution in [0.1, 0.15) is 26.3 Å². The van der Waals surface area contributed by atoms with Crippen molar-refractivity contribution in [1.82, 2.24) is 4.90 Å². The Labute approximate surface area is 148 Å². The molecular weight excluding hydrogens is 322 g/mol. The number of methoxy groups -OCH3 is 1. The Bertz CT molecular complexity index is 660. The van der Waals surface area contributed by atoms with E-state index < -0.39 is 23.6 Å². The largest absolute Gasteiger partial charge is 0.511 e. The standard InChI is InChI=1S/C19H25NO5/c1-19(2,3)25-18(23)20-11-14(10-13-8-6-5-7-9-13)16(21)15(12-20)17(22)24-4/h5-9,14,21H,10-12H2,1-4H3. The molecule has 1 unspecified atom stereocenters. The van der Waals surface area contributed by atoms with Crippen molar-refractivity contribution in [3.05, 3.63) is 47.2 Å². The quantitative estimate of drug-likeness (QED) is 0.851. The monoisotopic (exact) mass is 347 g/mol. The van der Waals surface area contributed by atoms with E-state index in [0.29, 0.717) is 6.42 Å². The maximum atomic E-state index is 12.4. The summed E-state index contributed by atoms with van der Waals surface area (Å²) in [5, 5.41) is 10.5. The first-order valence-electron chi connectivity index (χ1n) is 8.23. The number of carbonyl (C=O) groups is 2. The van der Waals surface area contributed by atoms with Crippen molar-refractivity contribution in [1.29, 1.82) is 0 Å². The van der Waals surface area contributed by atoms with E-state index in [9.17, 15) is 14.7 Å². The van der Waals surface area contributed by atoms with E-state index in [-0.39, 0.29) is 24.4 Å². The van der Waals surface area contributed by atoms with Crippen LogP contribution in [0.2, 0.25) is 0 Å². The highest BCUT2D eigenvalue weighted by atomic mass is 16.6. The Morgan fingerprint density at radius 2 is 1.88 bits per heavy atom. The summed E-state index contributed by atoms with van der Waals surface area (Å²) in [6, 6.07) is 9.61. The molecule has 6 nitrogen and oxygen atoms in total. The molecule has 0 radical (unpaired) electrons. The van der Waals surface area contributed by atoms with Gasteiger partial charge >= 0.3 is 12.1 Å². The molecule has 1 heterocycles. The molecule has 1 amide bonds. The zero-order valence-electron chi connectivity index (χ0n) is 15.1. The Morgan fingerprint density at radius 3 is 2.44 bits per heavy atom. The van der Waals surface area contributed by atoms with Crippen LogP contribution in [-0.4, -0.2) is 47.9 Å². The van der Waals surface area contributed by atoms with E-state index in [1.807, 2.05) is 30.3 Å². The first-order chi connectivity index (χ1) is 11.7. The minimum absolute atomic E-state index is 0.0180. The minimum atomic E-state index is -0.638. The Kier molecular flexibility index (Phi) is 5.72. The summed E-state index contributed by atoms with van der Waals surface area (Å²) in [5.74, 6) is -1.04. The molecule has 0 aromatic heterocycles. The highest BCUT2D eigenvalue weighted by molar-refractivity contribution is 5.90. The van der Waals surface area contributed by atoms with Crippen molar-refractivity contribution in [2.45, 2.75) is 32.8 Å². The second-order valence-electron chi connectivity index (χ2n) is 7.10. The molecule has 1 aromatic carbocycles. The Hall–Kier alpha value is -2.50. The number of benzene rings is 1. The summed E-state index contributed by atoms with van der Waals surface area (Å²) in [4.78, 5) is 25.9.